The van der Waals surface area contributed by atoms with Gasteiger partial charge in [0.25, 0.3) is 0 Å². The van der Waals surface area contributed by atoms with Crippen molar-refractivity contribution in [2.75, 3.05) is 0 Å². The highest BCUT2D eigenvalue weighted by Gasteiger charge is 2.29. The fourth-order valence-corrected chi connectivity index (χ4v) is 6.05. The van der Waals surface area contributed by atoms with Gasteiger partial charge in [0.05, 0.1) is 4.90 Å². The van der Waals surface area contributed by atoms with Gasteiger partial charge in [-0.05, 0) is 68.1 Å². The topological polar surface area (TPSA) is 103 Å². The van der Waals surface area contributed by atoms with E-state index in [1.807, 2.05) is 74.5 Å². The lowest BCUT2D eigenvalue weighted by molar-refractivity contribution is -0.136. The monoisotopic (exact) mass is 581 g/mol. The second-order valence-electron chi connectivity index (χ2n) is 10.3. The maximum Gasteiger partial charge on any atom is 0.340 e. The molecule has 0 aliphatic heterocycles. The minimum absolute atomic E-state index is 0.0457. The molecule has 0 fully saturated rings. The van der Waals surface area contributed by atoms with Crippen molar-refractivity contribution >= 4 is 27.0 Å². The van der Waals surface area contributed by atoms with Gasteiger partial charge in [-0.3, -0.25) is 0 Å². The lowest BCUT2D eigenvalue weighted by Gasteiger charge is -2.19. The highest BCUT2D eigenvalue weighted by atomic mass is 32.2. The number of rotatable bonds is 9. The third-order valence-electron chi connectivity index (χ3n) is 7.28. The molecule has 0 bridgehead atoms. The Hall–Kier alpha value is -4.53. The van der Waals surface area contributed by atoms with Crippen LogP contribution in [-0.2, 0) is 27.7 Å². The van der Waals surface area contributed by atoms with Crippen molar-refractivity contribution in [2.45, 2.75) is 44.6 Å². The van der Waals surface area contributed by atoms with Crippen LogP contribution >= 0.6 is 0 Å². The largest absolute Gasteiger partial charge is 0.425 e. The van der Waals surface area contributed by atoms with Crippen molar-refractivity contribution in [3.63, 3.8) is 0 Å². The Morgan fingerprint density at radius 2 is 1.43 bits per heavy atom. The minimum atomic E-state index is -4.03. The average Bonchev–Trinajstić information content (AvgIpc) is 2.98. The first-order valence-electron chi connectivity index (χ1n) is 13.6. The number of hydrogen-bond acceptors (Lipinski definition) is 6. The van der Waals surface area contributed by atoms with Crippen molar-refractivity contribution in [1.29, 1.82) is 0 Å². The van der Waals surface area contributed by atoms with Gasteiger partial charge in [-0.25, -0.2) is 18.0 Å². The zero-order valence-corrected chi connectivity index (χ0v) is 24.4. The van der Waals surface area contributed by atoms with E-state index < -0.39 is 27.7 Å². The molecular weight excluding hydrogens is 550 g/mol. The summed E-state index contributed by atoms with van der Waals surface area (Å²) in [6.45, 7) is 5.43. The highest BCUT2D eigenvalue weighted by Crippen LogP contribution is 2.30. The first kappa shape index (κ1) is 29.0. The molecule has 5 rings (SSSR count). The summed E-state index contributed by atoms with van der Waals surface area (Å²) in [5.74, 6) is -0.602. The Balaban J connectivity index is 1.45. The molecule has 42 heavy (non-hydrogen) atoms. The fraction of sp³-hybridized carbons (Fsp3) is 0.176. The fourth-order valence-electron chi connectivity index (χ4n) is 4.86. The van der Waals surface area contributed by atoms with E-state index in [1.54, 1.807) is 31.2 Å². The van der Waals surface area contributed by atoms with E-state index in [0.29, 0.717) is 23.1 Å². The molecule has 1 aromatic heterocycles. The highest BCUT2D eigenvalue weighted by molar-refractivity contribution is 7.89. The molecule has 1 atom stereocenters. The smallest absolute Gasteiger partial charge is 0.340 e. The number of carbonyl (C=O) groups is 1. The predicted molar refractivity (Wildman–Crippen MR) is 162 cm³/mol. The zero-order valence-electron chi connectivity index (χ0n) is 23.6. The first-order chi connectivity index (χ1) is 20.1. The third-order valence-corrected chi connectivity index (χ3v) is 8.77. The van der Waals surface area contributed by atoms with Crippen LogP contribution in [0, 0.1) is 20.8 Å². The quantitative estimate of drug-likeness (QED) is 0.134. The maximum atomic E-state index is 13.5. The number of hydrogen-bond donors (Lipinski definition) is 1. The molecule has 0 spiro atoms. The maximum absolute atomic E-state index is 13.5. The van der Waals surface area contributed by atoms with Gasteiger partial charge >= 0.3 is 11.6 Å². The molecule has 0 amide bonds. The van der Waals surface area contributed by atoms with Gasteiger partial charge in [0, 0.05) is 22.9 Å². The zero-order chi connectivity index (χ0) is 29.9. The van der Waals surface area contributed by atoms with Crippen LogP contribution in [0.4, 0.5) is 0 Å². The van der Waals surface area contributed by atoms with E-state index in [1.165, 1.54) is 12.1 Å². The van der Waals surface area contributed by atoms with Crippen molar-refractivity contribution in [1.82, 2.24) is 4.72 Å². The van der Waals surface area contributed by atoms with Gasteiger partial charge in [-0.1, -0.05) is 78.4 Å². The summed E-state index contributed by atoms with van der Waals surface area (Å²) in [5, 5.41) is 0.735. The normalized spacial score (nSPS) is 12.3. The number of fused-ring (bicyclic) bond motifs is 1. The Bertz CT molecular complexity index is 1900. The molecule has 1 heterocycles. The van der Waals surface area contributed by atoms with Crippen LogP contribution in [0.1, 0.15) is 33.4 Å². The van der Waals surface area contributed by atoms with E-state index in [-0.39, 0.29) is 17.1 Å². The Labute approximate surface area is 244 Å². The molecule has 1 N–H and O–H groups in total. The molecule has 214 valence electrons. The molecule has 0 radical (unpaired) electrons. The van der Waals surface area contributed by atoms with Crippen LogP contribution in [-0.4, -0.2) is 20.4 Å². The Morgan fingerprint density at radius 3 is 2.07 bits per heavy atom. The summed E-state index contributed by atoms with van der Waals surface area (Å²) in [5.41, 5.74) is 4.34. The van der Waals surface area contributed by atoms with Crippen LogP contribution < -0.4 is 15.1 Å². The minimum Gasteiger partial charge on any atom is -0.425 e. The number of benzene rings is 4. The standard InChI is InChI=1S/C34H31NO6S/c1-22-14-16-27(17-15-22)42(38,39)35-30(21-26-12-8-5-9-13-26)34(37)40-31-19-18-28-23(2)29(20-25-10-6-4-7-11-25)33(36)41-32(28)24(31)3/h4-19,30,35H,20-21H2,1-3H3/t30-/m1/s1. The van der Waals surface area contributed by atoms with E-state index in [4.69, 9.17) is 9.15 Å². The first-order valence-corrected chi connectivity index (χ1v) is 15.0. The van der Waals surface area contributed by atoms with Crippen LogP contribution in [0.15, 0.2) is 111 Å². The number of ether oxygens (including phenoxy) is 1. The summed E-state index contributed by atoms with van der Waals surface area (Å²) in [6.07, 6.45) is 0.511. The molecule has 0 saturated carbocycles. The average molecular weight is 582 g/mol. The number of nitrogens with one attached hydrogen (secondary N) is 1. The van der Waals surface area contributed by atoms with E-state index >= 15 is 0 Å². The number of esters is 1. The van der Waals surface area contributed by atoms with Gasteiger partial charge in [-0.15, -0.1) is 0 Å². The molecule has 0 aliphatic rings. The van der Waals surface area contributed by atoms with Crippen LogP contribution in [0.3, 0.4) is 0 Å². The van der Waals surface area contributed by atoms with Gasteiger partial charge in [0.1, 0.15) is 17.4 Å². The van der Waals surface area contributed by atoms with E-state index in [2.05, 4.69) is 4.72 Å². The molecule has 8 heteroatoms. The number of aryl methyl sites for hydroxylation is 3. The molecule has 0 unspecified atom stereocenters. The van der Waals surface area contributed by atoms with Crippen LogP contribution in [0.25, 0.3) is 11.0 Å². The number of sulfonamides is 1. The molecule has 0 aliphatic carbocycles. The molecule has 7 nitrogen and oxygen atoms in total. The summed E-state index contributed by atoms with van der Waals surface area (Å²) in [6, 6.07) is 27.3. The number of carbonyl (C=O) groups excluding carboxylic acids is 1. The molecule has 4 aromatic carbocycles. The second-order valence-corrected chi connectivity index (χ2v) is 12.0. The van der Waals surface area contributed by atoms with Crippen molar-refractivity contribution in [2.24, 2.45) is 0 Å². The third kappa shape index (κ3) is 6.35. The van der Waals surface area contributed by atoms with E-state index in [0.717, 1.165) is 27.6 Å². The second kappa shape index (κ2) is 12.1. The Kier molecular flexibility index (Phi) is 8.38. The SMILES string of the molecule is Cc1ccc(S(=O)(=O)N[C@H](Cc2ccccc2)C(=O)Oc2ccc3c(C)c(Cc4ccccc4)c(=O)oc3c2C)cc1. The molecule has 5 aromatic rings. The lowest BCUT2D eigenvalue weighted by atomic mass is 9.98. The van der Waals surface area contributed by atoms with Crippen molar-refractivity contribution < 1.29 is 22.4 Å². The Morgan fingerprint density at radius 1 is 0.810 bits per heavy atom. The van der Waals surface area contributed by atoms with Crippen molar-refractivity contribution in [3.8, 4) is 5.75 Å². The van der Waals surface area contributed by atoms with Crippen LogP contribution in [0.2, 0.25) is 0 Å². The summed E-state index contributed by atoms with van der Waals surface area (Å²) in [7, 11) is -4.03. The van der Waals surface area contributed by atoms with Gasteiger partial charge in [0.15, 0.2) is 0 Å². The van der Waals surface area contributed by atoms with Crippen molar-refractivity contribution in [3.05, 3.63) is 141 Å². The van der Waals surface area contributed by atoms with Crippen LogP contribution in [0.5, 0.6) is 5.75 Å². The summed E-state index contributed by atoms with van der Waals surface area (Å²) < 4.78 is 40.5. The van der Waals surface area contributed by atoms with Gasteiger partial charge in [0.2, 0.25) is 10.0 Å². The molecular formula is C34H31NO6S. The summed E-state index contributed by atoms with van der Waals surface area (Å²) >= 11 is 0. The van der Waals surface area contributed by atoms with Gasteiger partial charge < -0.3 is 9.15 Å². The lowest BCUT2D eigenvalue weighted by Crippen LogP contribution is -2.44. The van der Waals surface area contributed by atoms with E-state index in [9.17, 15) is 18.0 Å². The molecule has 0 saturated heterocycles. The predicted octanol–water partition coefficient (Wildman–Crippen LogP) is 5.80. The summed E-state index contributed by atoms with van der Waals surface area (Å²) in [4.78, 5) is 26.6. The van der Waals surface area contributed by atoms with Gasteiger partial charge in [-0.2, -0.15) is 4.72 Å².